The van der Waals surface area contributed by atoms with Crippen LogP contribution in [0.15, 0.2) is 43.0 Å². The molecule has 176 valence electrons. The fourth-order valence-electron chi connectivity index (χ4n) is 5.27. The van der Waals surface area contributed by atoms with Crippen LogP contribution in [0.4, 0.5) is 10.1 Å². The molecule has 2 aliphatic rings. The number of benzene rings is 1. The summed E-state index contributed by atoms with van der Waals surface area (Å²) in [5.74, 6) is -0.474. The fraction of sp³-hybridized carbons (Fsp3) is 0.400. The van der Waals surface area contributed by atoms with Crippen LogP contribution in [-0.2, 0) is 0 Å². The predicted octanol–water partition coefficient (Wildman–Crippen LogP) is 3.95. The van der Waals surface area contributed by atoms with Crippen LogP contribution in [0.3, 0.4) is 0 Å². The van der Waals surface area contributed by atoms with Gasteiger partial charge in [-0.15, -0.1) is 0 Å². The van der Waals surface area contributed by atoms with Crippen LogP contribution in [0.2, 0.25) is 5.02 Å². The molecule has 0 N–H and O–H groups in total. The van der Waals surface area contributed by atoms with E-state index in [-0.39, 0.29) is 5.02 Å². The third kappa shape index (κ3) is 3.89. The van der Waals surface area contributed by atoms with Crippen LogP contribution in [-0.4, -0.2) is 81.7 Å². The molecule has 3 aromatic heterocycles. The van der Waals surface area contributed by atoms with E-state index in [0.717, 1.165) is 54.0 Å². The second kappa shape index (κ2) is 8.76. The van der Waals surface area contributed by atoms with Gasteiger partial charge in [-0.25, -0.2) is 13.9 Å². The van der Waals surface area contributed by atoms with Crippen molar-refractivity contribution in [2.24, 2.45) is 0 Å². The van der Waals surface area contributed by atoms with Gasteiger partial charge in [0.05, 0.1) is 34.8 Å². The molecule has 0 aliphatic carbocycles. The molecule has 0 amide bonds. The van der Waals surface area contributed by atoms with Crippen molar-refractivity contribution in [1.82, 2.24) is 29.4 Å². The van der Waals surface area contributed by atoms with Crippen LogP contribution in [0, 0.1) is 5.82 Å². The Bertz CT molecular complexity index is 1340. The summed E-state index contributed by atoms with van der Waals surface area (Å²) in [5.41, 5.74) is 4.15. The Morgan fingerprint density at radius 3 is 2.56 bits per heavy atom. The SMILES string of the molecule is CN1CCN(C2CCN(c3cnc4c(-c5ccnc6cc(F)c(Cl)cc56)cnn4c3)CC2)CC1. The first-order chi connectivity index (χ1) is 16.6. The second-order valence-electron chi connectivity index (χ2n) is 9.34. The van der Waals surface area contributed by atoms with Gasteiger partial charge in [-0.05, 0) is 37.6 Å². The Hall–Kier alpha value is -2.81. The maximum Gasteiger partial charge on any atom is 0.162 e. The largest absolute Gasteiger partial charge is 0.369 e. The summed E-state index contributed by atoms with van der Waals surface area (Å²) in [6.45, 7) is 6.72. The van der Waals surface area contributed by atoms with Gasteiger partial charge < -0.3 is 9.80 Å². The summed E-state index contributed by atoms with van der Waals surface area (Å²) >= 11 is 6.06. The molecule has 0 spiro atoms. The molecule has 5 heterocycles. The summed E-state index contributed by atoms with van der Waals surface area (Å²) in [6.07, 6.45) is 9.81. The molecule has 9 heteroatoms. The summed E-state index contributed by atoms with van der Waals surface area (Å²) in [6, 6.07) is 5.56. The Labute approximate surface area is 202 Å². The Morgan fingerprint density at radius 2 is 1.76 bits per heavy atom. The highest BCUT2D eigenvalue weighted by atomic mass is 35.5. The zero-order valence-electron chi connectivity index (χ0n) is 19.2. The summed E-state index contributed by atoms with van der Waals surface area (Å²) in [7, 11) is 2.20. The van der Waals surface area contributed by atoms with Gasteiger partial charge in [0, 0.05) is 68.5 Å². The summed E-state index contributed by atoms with van der Waals surface area (Å²) in [4.78, 5) is 16.5. The number of rotatable bonds is 3. The number of fused-ring (bicyclic) bond motifs is 2. The molecule has 4 aromatic rings. The van der Waals surface area contributed by atoms with Crippen LogP contribution < -0.4 is 4.90 Å². The van der Waals surface area contributed by atoms with Crippen LogP contribution in [0.25, 0.3) is 27.7 Å². The molecule has 0 saturated carbocycles. The normalized spacial score (nSPS) is 18.9. The van der Waals surface area contributed by atoms with E-state index in [1.807, 2.05) is 16.8 Å². The first kappa shape index (κ1) is 21.7. The summed E-state index contributed by atoms with van der Waals surface area (Å²) < 4.78 is 15.8. The third-order valence-electron chi connectivity index (χ3n) is 7.30. The number of hydrogen-bond donors (Lipinski definition) is 0. The van der Waals surface area contributed by atoms with Gasteiger partial charge in [0.25, 0.3) is 0 Å². The molecule has 0 atom stereocenters. The van der Waals surface area contributed by atoms with E-state index in [4.69, 9.17) is 16.6 Å². The lowest BCUT2D eigenvalue weighted by molar-refractivity contribution is 0.0982. The minimum atomic E-state index is -0.474. The number of pyridine rings is 1. The Kier molecular flexibility index (Phi) is 5.59. The van der Waals surface area contributed by atoms with Crippen molar-refractivity contribution in [3.05, 3.63) is 53.8 Å². The number of anilines is 1. The van der Waals surface area contributed by atoms with Crippen LogP contribution in [0.1, 0.15) is 12.8 Å². The van der Waals surface area contributed by atoms with Crippen molar-refractivity contribution in [2.75, 3.05) is 51.2 Å². The molecule has 0 unspecified atom stereocenters. The van der Waals surface area contributed by atoms with E-state index in [2.05, 4.69) is 38.0 Å². The van der Waals surface area contributed by atoms with Crippen LogP contribution in [0.5, 0.6) is 0 Å². The third-order valence-corrected chi connectivity index (χ3v) is 7.59. The number of likely N-dealkylation sites (N-methyl/N-ethyl adjacent to an activating group) is 1. The van der Waals surface area contributed by atoms with E-state index < -0.39 is 5.82 Å². The minimum Gasteiger partial charge on any atom is -0.369 e. The number of nitrogens with zero attached hydrogens (tertiary/aromatic N) is 7. The minimum absolute atomic E-state index is 0.0773. The fourth-order valence-corrected chi connectivity index (χ4v) is 5.43. The number of piperidine rings is 1. The first-order valence-corrected chi connectivity index (χ1v) is 12.2. The van der Waals surface area contributed by atoms with Crippen molar-refractivity contribution < 1.29 is 4.39 Å². The topological polar surface area (TPSA) is 52.8 Å². The molecular weight excluding hydrogens is 453 g/mol. The molecule has 0 bridgehead atoms. The number of halogens is 2. The number of hydrogen-bond acceptors (Lipinski definition) is 6. The molecule has 0 radical (unpaired) electrons. The smallest absolute Gasteiger partial charge is 0.162 e. The number of aromatic nitrogens is 4. The highest BCUT2D eigenvalue weighted by Crippen LogP contribution is 2.33. The van der Waals surface area contributed by atoms with Gasteiger partial charge in [-0.1, -0.05) is 11.6 Å². The lowest BCUT2D eigenvalue weighted by Gasteiger charge is -2.42. The highest BCUT2D eigenvalue weighted by molar-refractivity contribution is 6.31. The lowest BCUT2D eigenvalue weighted by atomic mass is 10.0. The molecule has 1 aromatic carbocycles. The van der Waals surface area contributed by atoms with E-state index >= 15 is 0 Å². The Morgan fingerprint density at radius 1 is 0.971 bits per heavy atom. The van der Waals surface area contributed by atoms with Gasteiger partial charge >= 0.3 is 0 Å². The van der Waals surface area contributed by atoms with E-state index in [9.17, 15) is 4.39 Å². The van der Waals surface area contributed by atoms with Gasteiger partial charge in [-0.3, -0.25) is 9.88 Å². The van der Waals surface area contributed by atoms with Gasteiger partial charge in [0.2, 0.25) is 0 Å². The molecule has 2 fully saturated rings. The molecular formula is C25H27ClFN7. The van der Waals surface area contributed by atoms with E-state index in [1.54, 1.807) is 18.5 Å². The predicted molar refractivity (Wildman–Crippen MR) is 133 cm³/mol. The van der Waals surface area contributed by atoms with E-state index in [1.165, 1.54) is 32.0 Å². The van der Waals surface area contributed by atoms with Crippen LogP contribution >= 0.6 is 11.6 Å². The quantitative estimate of drug-likeness (QED) is 0.443. The van der Waals surface area contributed by atoms with Gasteiger partial charge in [-0.2, -0.15) is 5.10 Å². The standard InChI is InChI=1S/C25H27ClFN7/c1-31-8-10-33(11-9-31)17-3-6-32(7-4-17)18-14-29-25-21(15-30-34(25)16-18)19-2-5-28-24-13-23(27)22(26)12-20(19)24/h2,5,12-17H,3-4,6-11H2,1H3. The zero-order valence-corrected chi connectivity index (χ0v) is 19.9. The van der Waals surface area contributed by atoms with Gasteiger partial charge in [0.15, 0.2) is 5.65 Å². The Balaban J connectivity index is 1.24. The summed E-state index contributed by atoms with van der Waals surface area (Å²) in [5, 5.41) is 5.44. The number of piperazine rings is 1. The van der Waals surface area contributed by atoms with Crippen molar-refractivity contribution >= 4 is 33.8 Å². The second-order valence-corrected chi connectivity index (χ2v) is 9.75. The maximum absolute atomic E-state index is 13.9. The molecule has 7 nitrogen and oxygen atoms in total. The van der Waals surface area contributed by atoms with Gasteiger partial charge in [0.1, 0.15) is 5.82 Å². The molecule has 2 aliphatic heterocycles. The average Bonchev–Trinajstić information content (AvgIpc) is 3.28. The average molecular weight is 480 g/mol. The molecule has 34 heavy (non-hydrogen) atoms. The van der Waals surface area contributed by atoms with Crippen molar-refractivity contribution in [2.45, 2.75) is 18.9 Å². The molecule has 6 rings (SSSR count). The molecule has 2 saturated heterocycles. The first-order valence-electron chi connectivity index (χ1n) is 11.8. The lowest BCUT2D eigenvalue weighted by Crippen LogP contribution is -2.52. The highest BCUT2D eigenvalue weighted by Gasteiger charge is 2.27. The van der Waals surface area contributed by atoms with E-state index in [0.29, 0.717) is 11.6 Å². The zero-order chi connectivity index (χ0) is 23.2. The van der Waals surface area contributed by atoms with Crippen molar-refractivity contribution in [1.29, 1.82) is 0 Å². The maximum atomic E-state index is 13.9. The van der Waals surface area contributed by atoms with Crippen molar-refractivity contribution in [3.63, 3.8) is 0 Å². The van der Waals surface area contributed by atoms with Crippen molar-refractivity contribution in [3.8, 4) is 11.1 Å². The monoisotopic (exact) mass is 479 g/mol.